The van der Waals surface area contributed by atoms with Gasteiger partial charge in [-0.2, -0.15) is 0 Å². The van der Waals surface area contributed by atoms with Crippen LogP contribution in [0.4, 0.5) is 0 Å². The number of benzene rings is 2. The average Bonchev–Trinajstić information content (AvgIpc) is 3.12. The summed E-state index contributed by atoms with van der Waals surface area (Å²) < 4.78 is 11.9. The van der Waals surface area contributed by atoms with Crippen molar-refractivity contribution in [2.75, 3.05) is 46.0 Å². The lowest BCUT2D eigenvalue weighted by Gasteiger charge is -2.31. The predicted molar refractivity (Wildman–Crippen MR) is 133 cm³/mol. The average molecular weight is 529 g/mol. The van der Waals surface area contributed by atoms with Crippen molar-refractivity contribution in [3.05, 3.63) is 69.7 Å². The Morgan fingerprint density at radius 2 is 1.74 bits per heavy atom. The van der Waals surface area contributed by atoms with Gasteiger partial charge in [-0.3, -0.25) is 14.5 Å². The summed E-state index contributed by atoms with van der Waals surface area (Å²) in [5.74, 6) is -0.750. The Bertz CT molecular complexity index is 1050. The maximum atomic E-state index is 13.2. The number of hydrogen-bond donors (Lipinski definition) is 1. The Balaban J connectivity index is 1.67. The molecule has 1 atom stereocenters. The van der Waals surface area contributed by atoms with E-state index in [0.29, 0.717) is 44.2 Å². The number of hydrogen-bond acceptors (Lipinski definition) is 6. The number of aliphatic hydroxyl groups excluding tert-OH is 1. The highest BCUT2D eigenvalue weighted by Crippen LogP contribution is 2.39. The van der Waals surface area contributed by atoms with Crippen LogP contribution in [0.5, 0.6) is 5.75 Å². The van der Waals surface area contributed by atoms with Gasteiger partial charge in [-0.15, -0.1) is 0 Å². The molecule has 180 valence electrons. The molecule has 1 N–H and O–H groups in total. The van der Waals surface area contributed by atoms with Gasteiger partial charge in [-0.05, 0) is 48.4 Å². The van der Waals surface area contributed by atoms with Gasteiger partial charge in [0.15, 0.2) is 0 Å². The quantitative estimate of drug-likeness (QED) is 0.317. The fourth-order valence-corrected chi connectivity index (χ4v) is 4.52. The number of carbonyl (C=O) groups excluding carboxylic acids is 2. The van der Waals surface area contributed by atoms with Crippen molar-refractivity contribution in [1.29, 1.82) is 0 Å². The van der Waals surface area contributed by atoms with Crippen LogP contribution in [0.3, 0.4) is 0 Å². The van der Waals surface area contributed by atoms with Gasteiger partial charge in [0.2, 0.25) is 0 Å². The first kappa shape index (κ1) is 24.4. The second kappa shape index (κ2) is 11.2. The summed E-state index contributed by atoms with van der Waals surface area (Å²) in [6.07, 6.45) is 0.892. The number of halogens is 1. The summed E-state index contributed by atoms with van der Waals surface area (Å²) in [6.45, 7) is 6.54. The Morgan fingerprint density at radius 1 is 1.06 bits per heavy atom. The van der Waals surface area contributed by atoms with Gasteiger partial charge in [0, 0.05) is 36.2 Å². The second-order valence-corrected chi connectivity index (χ2v) is 9.29. The molecule has 0 saturated carbocycles. The van der Waals surface area contributed by atoms with Crippen molar-refractivity contribution in [2.24, 2.45) is 0 Å². The van der Waals surface area contributed by atoms with E-state index in [-0.39, 0.29) is 11.3 Å². The van der Waals surface area contributed by atoms with Gasteiger partial charge < -0.3 is 19.5 Å². The van der Waals surface area contributed by atoms with E-state index in [1.54, 1.807) is 29.2 Å². The molecule has 4 rings (SSSR count). The van der Waals surface area contributed by atoms with Gasteiger partial charge in [0.1, 0.15) is 11.5 Å². The first-order valence-corrected chi connectivity index (χ1v) is 12.4. The monoisotopic (exact) mass is 528 g/mol. The Labute approximate surface area is 208 Å². The molecule has 1 amide bonds. The molecule has 2 aromatic rings. The summed E-state index contributed by atoms with van der Waals surface area (Å²) in [4.78, 5) is 30.1. The number of rotatable bonds is 8. The molecule has 0 aliphatic carbocycles. The van der Waals surface area contributed by atoms with Crippen molar-refractivity contribution in [2.45, 2.75) is 19.4 Å². The summed E-state index contributed by atoms with van der Waals surface area (Å²) in [5, 5.41) is 11.2. The van der Waals surface area contributed by atoms with E-state index >= 15 is 0 Å². The zero-order chi connectivity index (χ0) is 24.1. The minimum absolute atomic E-state index is 0.108. The van der Waals surface area contributed by atoms with E-state index in [9.17, 15) is 14.7 Å². The van der Waals surface area contributed by atoms with E-state index in [1.807, 2.05) is 31.2 Å². The van der Waals surface area contributed by atoms with Crippen molar-refractivity contribution in [3.8, 4) is 5.75 Å². The third-order valence-corrected chi connectivity index (χ3v) is 6.62. The molecule has 1 unspecified atom stereocenters. The van der Waals surface area contributed by atoms with Crippen LogP contribution >= 0.6 is 15.9 Å². The van der Waals surface area contributed by atoms with E-state index in [4.69, 9.17) is 9.47 Å². The Morgan fingerprint density at radius 3 is 2.38 bits per heavy atom. The van der Waals surface area contributed by atoms with Crippen LogP contribution in [-0.2, 0) is 14.3 Å². The summed E-state index contributed by atoms with van der Waals surface area (Å²) in [7, 11) is 0. The molecule has 0 spiro atoms. The molecule has 2 aromatic carbocycles. The first-order chi connectivity index (χ1) is 16.5. The predicted octanol–water partition coefficient (Wildman–Crippen LogP) is 3.99. The number of aliphatic hydroxyl groups is 1. The molecular formula is C26H29BrN2O5. The molecule has 2 fully saturated rings. The zero-order valence-electron chi connectivity index (χ0n) is 19.2. The molecular weight excluding hydrogens is 500 g/mol. The van der Waals surface area contributed by atoms with Crippen LogP contribution in [-0.4, -0.2) is 72.6 Å². The molecule has 0 bridgehead atoms. The molecule has 2 aliphatic rings. The lowest BCUT2D eigenvalue weighted by atomic mass is 9.95. The summed E-state index contributed by atoms with van der Waals surface area (Å²) in [5.41, 5.74) is 1.35. The number of amides is 1. The summed E-state index contributed by atoms with van der Waals surface area (Å²) in [6, 6.07) is 13.8. The van der Waals surface area contributed by atoms with E-state index in [0.717, 1.165) is 29.5 Å². The first-order valence-electron chi connectivity index (χ1n) is 11.6. The maximum Gasteiger partial charge on any atom is 0.295 e. The number of carbonyl (C=O) groups is 2. The van der Waals surface area contributed by atoms with Crippen molar-refractivity contribution >= 4 is 33.4 Å². The van der Waals surface area contributed by atoms with Gasteiger partial charge in [0.25, 0.3) is 11.7 Å². The smallest absolute Gasteiger partial charge is 0.295 e. The van der Waals surface area contributed by atoms with Crippen molar-refractivity contribution in [1.82, 2.24) is 9.80 Å². The molecule has 7 nitrogen and oxygen atoms in total. The van der Waals surface area contributed by atoms with Crippen LogP contribution in [0.15, 0.2) is 58.6 Å². The minimum Gasteiger partial charge on any atom is -0.507 e. The third-order valence-electron chi connectivity index (χ3n) is 6.09. The third kappa shape index (κ3) is 5.35. The standard InChI is InChI=1S/C26H29BrN2O5/c1-2-15-34-21-9-5-19(6-10-21)24(30)22-23(18-3-7-20(27)8-4-18)29(26(32)25(22)31)12-11-28-13-16-33-17-14-28/h3-10,23,30H,2,11-17H2,1H3/b24-22+. The maximum absolute atomic E-state index is 13.2. The van der Waals surface area contributed by atoms with Crippen LogP contribution in [0.1, 0.15) is 30.5 Å². The number of Topliss-reactive ketones (excluding diaryl/α,β-unsaturated/α-hetero) is 1. The number of likely N-dealkylation sites (tertiary alicyclic amines) is 1. The van der Waals surface area contributed by atoms with Crippen molar-refractivity contribution < 1.29 is 24.2 Å². The number of ketones is 1. The normalized spacial score (nSPS) is 20.6. The minimum atomic E-state index is -0.668. The van der Waals surface area contributed by atoms with Crippen LogP contribution < -0.4 is 4.74 Å². The van der Waals surface area contributed by atoms with Crippen LogP contribution in [0, 0.1) is 0 Å². The SMILES string of the molecule is CCCOc1ccc(/C(O)=C2\C(=O)C(=O)N(CCN3CCOCC3)C2c2ccc(Br)cc2)cc1. The van der Waals surface area contributed by atoms with Gasteiger partial charge in [0.05, 0.1) is 31.4 Å². The topological polar surface area (TPSA) is 79.3 Å². The fourth-order valence-electron chi connectivity index (χ4n) is 4.26. The van der Waals surface area contributed by atoms with Crippen LogP contribution in [0.2, 0.25) is 0 Å². The Hall–Kier alpha value is -2.68. The highest BCUT2D eigenvalue weighted by Gasteiger charge is 2.46. The molecule has 2 saturated heterocycles. The Kier molecular flexibility index (Phi) is 8.03. The van der Waals surface area contributed by atoms with Crippen LogP contribution in [0.25, 0.3) is 5.76 Å². The molecule has 0 radical (unpaired) electrons. The molecule has 8 heteroatoms. The number of nitrogens with zero attached hydrogens (tertiary/aromatic N) is 2. The van der Waals surface area contributed by atoms with Gasteiger partial charge in [-0.25, -0.2) is 0 Å². The fraction of sp³-hybridized carbons (Fsp3) is 0.385. The highest BCUT2D eigenvalue weighted by atomic mass is 79.9. The van der Waals surface area contributed by atoms with Crippen molar-refractivity contribution in [3.63, 3.8) is 0 Å². The van der Waals surface area contributed by atoms with Gasteiger partial charge in [-0.1, -0.05) is 35.0 Å². The van der Waals surface area contributed by atoms with E-state index in [2.05, 4.69) is 20.8 Å². The van der Waals surface area contributed by atoms with E-state index < -0.39 is 17.7 Å². The summed E-state index contributed by atoms with van der Waals surface area (Å²) >= 11 is 3.44. The van der Waals surface area contributed by atoms with E-state index in [1.165, 1.54) is 0 Å². The second-order valence-electron chi connectivity index (χ2n) is 8.37. The molecule has 2 heterocycles. The zero-order valence-corrected chi connectivity index (χ0v) is 20.8. The molecule has 34 heavy (non-hydrogen) atoms. The number of morpholine rings is 1. The lowest BCUT2D eigenvalue weighted by Crippen LogP contribution is -2.42. The molecule has 2 aliphatic heterocycles. The van der Waals surface area contributed by atoms with Gasteiger partial charge >= 0.3 is 0 Å². The highest BCUT2D eigenvalue weighted by molar-refractivity contribution is 9.10. The lowest BCUT2D eigenvalue weighted by molar-refractivity contribution is -0.140. The largest absolute Gasteiger partial charge is 0.507 e. The molecule has 0 aromatic heterocycles. The number of ether oxygens (including phenoxy) is 2.